The van der Waals surface area contributed by atoms with E-state index >= 15 is 0 Å². The van der Waals surface area contributed by atoms with Crippen LogP contribution in [0.2, 0.25) is 0 Å². The Kier molecular flexibility index (Phi) is 4.71. The topological polar surface area (TPSA) is 104 Å². The van der Waals surface area contributed by atoms with Crippen molar-refractivity contribution in [1.29, 1.82) is 0 Å². The zero-order valence-electron chi connectivity index (χ0n) is 11.5. The molecule has 0 radical (unpaired) electrons. The lowest BCUT2D eigenvalue weighted by atomic mass is 10.2. The van der Waals surface area contributed by atoms with E-state index in [2.05, 4.69) is 20.2 Å². The van der Waals surface area contributed by atoms with E-state index in [1.165, 1.54) is 18.2 Å². The molecular formula is C13H16N4O3S. The SMILES string of the molecule is CCNCc1cccc(S(=O)(=O)Nc2ccc(=O)[nH]n2)c1. The Labute approximate surface area is 122 Å². The van der Waals surface area contributed by atoms with Crippen molar-refractivity contribution in [1.82, 2.24) is 15.5 Å². The van der Waals surface area contributed by atoms with Gasteiger partial charge in [-0.1, -0.05) is 19.1 Å². The fourth-order valence-electron chi connectivity index (χ4n) is 1.69. The summed E-state index contributed by atoms with van der Waals surface area (Å²) in [7, 11) is -3.74. The molecule has 0 fully saturated rings. The Balaban J connectivity index is 2.22. The van der Waals surface area contributed by atoms with Crippen molar-refractivity contribution in [2.75, 3.05) is 11.3 Å². The molecule has 0 bridgehead atoms. The van der Waals surface area contributed by atoms with Crippen LogP contribution in [-0.4, -0.2) is 25.2 Å². The highest BCUT2D eigenvalue weighted by atomic mass is 32.2. The number of aromatic nitrogens is 2. The van der Waals surface area contributed by atoms with Gasteiger partial charge >= 0.3 is 0 Å². The number of anilines is 1. The lowest BCUT2D eigenvalue weighted by Gasteiger charge is -2.08. The van der Waals surface area contributed by atoms with E-state index in [-0.39, 0.29) is 10.7 Å². The van der Waals surface area contributed by atoms with Gasteiger partial charge in [-0.2, -0.15) is 5.10 Å². The highest BCUT2D eigenvalue weighted by Crippen LogP contribution is 2.15. The summed E-state index contributed by atoms with van der Waals surface area (Å²) in [6.45, 7) is 3.37. The minimum atomic E-state index is -3.74. The van der Waals surface area contributed by atoms with Crippen molar-refractivity contribution in [3.8, 4) is 0 Å². The lowest BCUT2D eigenvalue weighted by molar-refractivity contribution is 0.600. The highest BCUT2D eigenvalue weighted by molar-refractivity contribution is 7.92. The minimum Gasteiger partial charge on any atom is -0.313 e. The third-order valence-electron chi connectivity index (χ3n) is 2.71. The third kappa shape index (κ3) is 4.14. The van der Waals surface area contributed by atoms with E-state index in [0.717, 1.165) is 12.1 Å². The summed E-state index contributed by atoms with van der Waals surface area (Å²) in [5.74, 6) is 0.0617. The minimum absolute atomic E-state index is 0.0617. The van der Waals surface area contributed by atoms with Crippen LogP contribution in [0.3, 0.4) is 0 Å². The van der Waals surface area contributed by atoms with Crippen molar-refractivity contribution in [2.45, 2.75) is 18.4 Å². The van der Waals surface area contributed by atoms with Crippen LogP contribution in [-0.2, 0) is 16.6 Å². The summed E-state index contributed by atoms with van der Waals surface area (Å²) in [5, 5.41) is 8.92. The molecule has 0 aliphatic rings. The maximum absolute atomic E-state index is 12.2. The Morgan fingerprint density at radius 2 is 2.05 bits per heavy atom. The van der Waals surface area contributed by atoms with Gasteiger partial charge in [-0.25, -0.2) is 13.5 Å². The van der Waals surface area contributed by atoms with E-state index in [4.69, 9.17) is 0 Å². The van der Waals surface area contributed by atoms with Gasteiger partial charge in [-0.15, -0.1) is 0 Å². The van der Waals surface area contributed by atoms with Gasteiger partial charge in [-0.05, 0) is 30.3 Å². The van der Waals surface area contributed by atoms with Crippen LogP contribution in [0.1, 0.15) is 12.5 Å². The summed E-state index contributed by atoms with van der Waals surface area (Å²) in [6.07, 6.45) is 0. The zero-order chi connectivity index (χ0) is 15.3. The highest BCUT2D eigenvalue weighted by Gasteiger charge is 2.15. The predicted octanol–water partition coefficient (Wildman–Crippen LogP) is 0.680. The Hall–Kier alpha value is -2.19. The van der Waals surface area contributed by atoms with Crippen LogP contribution in [0.4, 0.5) is 5.82 Å². The summed E-state index contributed by atoms with van der Waals surface area (Å²) >= 11 is 0. The van der Waals surface area contributed by atoms with Crippen molar-refractivity contribution in [3.05, 3.63) is 52.3 Å². The number of H-pyrrole nitrogens is 1. The molecule has 21 heavy (non-hydrogen) atoms. The van der Waals surface area contributed by atoms with Gasteiger partial charge in [0.25, 0.3) is 15.6 Å². The van der Waals surface area contributed by atoms with Gasteiger partial charge in [0.1, 0.15) is 0 Å². The molecule has 7 nitrogen and oxygen atoms in total. The number of nitrogens with one attached hydrogen (secondary N) is 3. The first-order chi connectivity index (χ1) is 10.0. The molecule has 1 aromatic heterocycles. The first-order valence-corrected chi connectivity index (χ1v) is 7.88. The van der Waals surface area contributed by atoms with E-state index < -0.39 is 15.6 Å². The molecule has 8 heteroatoms. The number of rotatable bonds is 6. The molecule has 3 N–H and O–H groups in total. The molecule has 0 aliphatic carbocycles. The molecule has 0 spiro atoms. The van der Waals surface area contributed by atoms with Crippen molar-refractivity contribution < 1.29 is 8.42 Å². The van der Waals surface area contributed by atoms with E-state index in [1.54, 1.807) is 12.1 Å². The van der Waals surface area contributed by atoms with Gasteiger partial charge in [0, 0.05) is 12.6 Å². The van der Waals surface area contributed by atoms with Gasteiger partial charge in [0.05, 0.1) is 4.90 Å². The Bertz CT molecular complexity index is 750. The summed E-state index contributed by atoms with van der Waals surface area (Å²) in [6, 6.07) is 9.13. The maximum Gasteiger partial charge on any atom is 0.264 e. The van der Waals surface area contributed by atoms with Crippen LogP contribution in [0, 0.1) is 0 Å². The second-order valence-electron chi connectivity index (χ2n) is 4.34. The molecule has 0 amide bonds. The number of hydrogen-bond donors (Lipinski definition) is 3. The van der Waals surface area contributed by atoms with Crippen molar-refractivity contribution >= 4 is 15.8 Å². The fraction of sp³-hybridized carbons (Fsp3) is 0.231. The lowest BCUT2D eigenvalue weighted by Crippen LogP contribution is -2.17. The van der Waals surface area contributed by atoms with Crippen LogP contribution in [0.5, 0.6) is 0 Å². The molecule has 0 saturated heterocycles. The summed E-state index contributed by atoms with van der Waals surface area (Å²) in [5.41, 5.74) is 0.472. The monoisotopic (exact) mass is 308 g/mol. The van der Waals surface area contributed by atoms with Gasteiger partial charge < -0.3 is 5.32 Å². The quantitative estimate of drug-likeness (QED) is 0.728. The number of hydrogen-bond acceptors (Lipinski definition) is 5. The largest absolute Gasteiger partial charge is 0.313 e. The zero-order valence-corrected chi connectivity index (χ0v) is 12.3. The molecule has 0 aliphatic heterocycles. The van der Waals surface area contributed by atoms with Crippen LogP contribution >= 0.6 is 0 Å². The fourth-order valence-corrected chi connectivity index (χ4v) is 2.76. The van der Waals surface area contributed by atoms with E-state index in [1.807, 2.05) is 13.0 Å². The van der Waals surface area contributed by atoms with Crippen molar-refractivity contribution in [2.24, 2.45) is 0 Å². The molecule has 112 valence electrons. The molecule has 2 rings (SSSR count). The van der Waals surface area contributed by atoms with Gasteiger partial charge in [0.15, 0.2) is 5.82 Å². The van der Waals surface area contributed by atoms with Gasteiger partial charge in [0.2, 0.25) is 0 Å². The van der Waals surface area contributed by atoms with Crippen LogP contribution in [0.15, 0.2) is 46.1 Å². The molecule has 0 saturated carbocycles. The standard InChI is InChI=1S/C13H16N4O3S/c1-2-14-9-10-4-3-5-11(8-10)21(19,20)17-12-6-7-13(18)16-15-12/h3-8,14H,2,9H2,1H3,(H,15,17)(H,16,18). The second-order valence-corrected chi connectivity index (χ2v) is 6.02. The average molecular weight is 308 g/mol. The van der Waals surface area contributed by atoms with E-state index in [9.17, 15) is 13.2 Å². The predicted molar refractivity (Wildman–Crippen MR) is 79.5 cm³/mol. The second kappa shape index (κ2) is 6.51. The first-order valence-electron chi connectivity index (χ1n) is 6.39. The van der Waals surface area contributed by atoms with Crippen molar-refractivity contribution in [3.63, 3.8) is 0 Å². The normalized spacial score (nSPS) is 11.3. The maximum atomic E-state index is 12.2. The molecule has 1 heterocycles. The molecule has 2 aromatic rings. The van der Waals surface area contributed by atoms with Crippen LogP contribution in [0.25, 0.3) is 0 Å². The first kappa shape index (κ1) is 15.2. The smallest absolute Gasteiger partial charge is 0.264 e. The number of sulfonamides is 1. The molecular weight excluding hydrogens is 292 g/mol. The third-order valence-corrected chi connectivity index (χ3v) is 4.06. The van der Waals surface area contributed by atoms with E-state index in [0.29, 0.717) is 6.54 Å². The van der Waals surface area contributed by atoms with Crippen LogP contribution < -0.4 is 15.6 Å². The molecule has 0 unspecified atom stereocenters. The Morgan fingerprint density at radius 3 is 2.71 bits per heavy atom. The summed E-state index contributed by atoms with van der Waals surface area (Å²) in [4.78, 5) is 11.0. The van der Waals surface area contributed by atoms with Gasteiger partial charge in [-0.3, -0.25) is 9.52 Å². The summed E-state index contributed by atoms with van der Waals surface area (Å²) < 4.78 is 26.8. The molecule has 0 atom stereocenters. The average Bonchev–Trinajstić information content (AvgIpc) is 2.48. The number of aromatic amines is 1. The molecule has 1 aromatic carbocycles. The number of benzene rings is 1. The number of nitrogens with zero attached hydrogens (tertiary/aromatic N) is 1. The Morgan fingerprint density at radius 1 is 1.24 bits per heavy atom.